The number of Topliss-reactive ketones (excluding diaryl/α,β-unsaturated/α-hetero) is 1. The maximum absolute atomic E-state index is 13.6. The van der Waals surface area contributed by atoms with Crippen molar-refractivity contribution >= 4 is 13.4 Å². The number of rotatable bonds is 6. The van der Waals surface area contributed by atoms with Crippen molar-refractivity contribution in [2.75, 3.05) is 12.8 Å². The van der Waals surface area contributed by atoms with Gasteiger partial charge >= 0.3 is 7.60 Å². The van der Waals surface area contributed by atoms with E-state index >= 15 is 0 Å². The Morgan fingerprint density at radius 3 is 1.96 bits per heavy atom. The predicted molar refractivity (Wildman–Crippen MR) is 106 cm³/mol. The van der Waals surface area contributed by atoms with Gasteiger partial charge in [0.1, 0.15) is 17.2 Å². The summed E-state index contributed by atoms with van der Waals surface area (Å²) in [5.41, 5.74) is 0.490. The van der Waals surface area contributed by atoms with Gasteiger partial charge in [-0.3, -0.25) is 4.79 Å². The Hall–Kier alpha value is -3.04. The Bertz CT molecular complexity index is 958. The molecule has 5 nitrogen and oxygen atoms in total. The van der Waals surface area contributed by atoms with Crippen LogP contribution in [0.15, 0.2) is 84.9 Å². The average Bonchev–Trinajstić information content (AvgIpc) is 2.72. The third-order valence-corrected chi connectivity index (χ3v) is 6.25. The molecule has 3 aromatic carbocycles. The molecule has 0 spiro atoms. The number of carbonyl (C=O) groups excluding carboxylic acids is 1. The second-order valence-corrected chi connectivity index (χ2v) is 8.42. The van der Waals surface area contributed by atoms with Gasteiger partial charge in [0.15, 0.2) is 5.78 Å². The molecule has 0 N–H and O–H groups in total. The zero-order chi connectivity index (χ0) is 19.4. The van der Waals surface area contributed by atoms with E-state index in [0.717, 1.165) is 0 Å². The minimum atomic E-state index is -3.68. The summed E-state index contributed by atoms with van der Waals surface area (Å²) in [6.45, 7) is 0.135. The van der Waals surface area contributed by atoms with Crippen LogP contribution in [0.2, 0.25) is 0 Å². The van der Waals surface area contributed by atoms with Gasteiger partial charge in [0, 0.05) is 0 Å². The Balaban J connectivity index is 1.60. The van der Waals surface area contributed by atoms with E-state index < -0.39 is 13.5 Å². The molecular weight excluding hydrogens is 375 g/mol. The van der Waals surface area contributed by atoms with Gasteiger partial charge in [-0.15, -0.1) is 0 Å². The summed E-state index contributed by atoms with van der Waals surface area (Å²) in [4.78, 5) is 12.9. The number of fused-ring (bicyclic) bond motifs is 1. The first kappa shape index (κ1) is 18.3. The van der Waals surface area contributed by atoms with Gasteiger partial charge in [0.05, 0.1) is 24.3 Å². The molecule has 1 unspecified atom stereocenters. The van der Waals surface area contributed by atoms with E-state index in [-0.39, 0.29) is 18.6 Å². The molecule has 6 heteroatoms. The van der Waals surface area contributed by atoms with E-state index in [1.165, 1.54) is 0 Å². The smallest absolute Gasteiger partial charge is 0.431 e. The van der Waals surface area contributed by atoms with E-state index in [9.17, 15) is 9.36 Å². The summed E-state index contributed by atoms with van der Waals surface area (Å²) in [6, 6.07) is 24.7. The summed E-state index contributed by atoms with van der Waals surface area (Å²) >= 11 is 0. The molecule has 0 aromatic heterocycles. The van der Waals surface area contributed by atoms with E-state index in [1.807, 2.05) is 18.2 Å². The summed E-state index contributed by atoms with van der Waals surface area (Å²) in [7, 11) is -3.68. The number of ether oxygens (including phenoxy) is 1. The zero-order valence-corrected chi connectivity index (χ0v) is 16.0. The van der Waals surface area contributed by atoms with Crippen LogP contribution in [0, 0.1) is 5.92 Å². The second-order valence-electron chi connectivity index (χ2n) is 6.47. The molecule has 0 radical (unpaired) electrons. The predicted octanol–water partition coefficient (Wildman–Crippen LogP) is 5.23. The monoisotopic (exact) mass is 394 g/mol. The van der Waals surface area contributed by atoms with Gasteiger partial charge in [-0.2, -0.15) is 0 Å². The van der Waals surface area contributed by atoms with Gasteiger partial charge in [0.2, 0.25) is 0 Å². The summed E-state index contributed by atoms with van der Waals surface area (Å²) in [6.07, 6.45) is -0.0794. The molecule has 0 saturated carbocycles. The Kier molecular flexibility index (Phi) is 5.18. The molecule has 4 rings (SSSR count). The highest BCUT2D eigenvalue weighted by atomic mass is 31.2. The lowest BCUT2D eigenvalue weighted by Gasteiger charge is -2.27. The maximum Gasteiger partial charge on any atom is 0.431 e. The first-order valence-corrected chi connectivity index (χ1v) is 10.7. The SMILES string of the molecule is O=C1c2ccccc2OCC1CP(=O)(Oc1ccccc1)Oc1ccccc1. The van der Waals surface area contributed by atoms with Gasteiger partial charge in [-0.25, -0.2) is 4.57 Å². The summed E-state index contributed by atoms with van der Waals surface area (Å²) in [5.74, 6) is 0.660. The van der Waals surface area contributed by atoms with E-state index in [2.05, 4.69) is 0 Å². The van der Waals surface area contributed by atoms with Crippen LogP contribution < -0.4 is 13.8 Å². The Labute approximate surface area is 163 Å². The van der Waals surface area contributed by atoms with Crippen LogP contribution in [0.5, 0.6) is 17.2 Å². The Morgan fingerprint density at radius 2 is 1.36 bits per heavy atom. The van der Waals surface area contributed by atoms with Crippen molar-refractivity contribution in [3.63, 3.8) is 0 Å². The van der Waals surface area contributed by atoms with Crippen LogP contribution in [0.25, 0.3) is 0 Å². The molecule has 0 amide bonds. The standard InChI is InChI=1S/C22H19O5P/c23-22-17(15-25-21-14-8-7-13-20(21)22)16-28(24,26-18-9-3-1-4-10-18)27-19-11-5-2-6-12-19/h1-14,17H,15-16H2. The van der Waals surface area contributed by atoms with Gasteiger partial charge in [0.25, 0.3) is 0 Å². The maximum atomic E-state index is 13.6. The molecule has 1 aliphatic heterocycles. The number of carbonyl (C=O) groups is 1. The third-order valence-electron chi connectivity index (χ3n) is 4.38. The lowest BCUT2D eigenvalue weighted by atomic mass is 9.97. The van der Waals surface area contributed by atoms with E-state index in [1.54, 1.807) is 66.7 Å². The first-order chi connectivity index (χ1) is 13.6. The summed E-state index contributed by atoms with van der Waals surface area (Å²) in [5, 5.41) is 0. The number of hydrogen-bond donors (Lipinski definition) is 0. The minimum Gasteiger partial charge on any atom is -0.492 e. The fourth-order valence-electron chi connectivity index (χ4n) is 3.06. The lowest BCUT2D eigenvalue weighted by Crippen LogP contribution is -2.31. The molecule has 28 heavy (non-hydrogen) atoms. The summed E-state index contributed by atoms with van der Waals surface area (Å²) < 4.78 is 30.9. The topological polar surface area (TPSA) is 61.8 Å². The molecule has 3 aromatic rings. The normalized spacial score (nSPS) is 16.0. The molecule has 0 fully saturated rings. The van der Waals surface area contributed by atoms with Crippen molar-refractivity contribution in [3.8, 4) is 17.2 Å². The van der Waals surface area contributed by atoms with Crippen LogP contribution in [-0.4, -0.2) is 18.6 Å². The number of ketones is 1. The molecule has 1 aliphatic rings. The van der Waals surface area contributed by atoms with Crippen LogP contribution >= 0.6 is 7.60 Å². The molecule has 1 atom stereocenters. The minimum absolute atomic E-state index is 0.0794. The zero-order valence-electron chi connectivity index (χ0n) is 15.1. The number of benzene rings is 3. The van der Waals surface area contributed by atoms with Crippen molar-refractivity contribution in [1.82, 2.24) is 0 Å². The molecule has 1 heterocycles. The highest BCUT2D eigenvalue weighted by Crippen LogP contribution is 2.50. The van der Waals surface area contributed by atoms with E-state index in [0.29, 0.717) is 22.8 Å². The third kappa shape index (κ3) is 4.10. The molecule has 0 saturated heterocycles. The lowest BCUT2D eigenvalue weighted by molar-refractivity contribution is 0.0846. The Morgan fingerprint density at radius 1 is 0.821 bits per heavy atom. The molecule has 142 valence electrons. The van der Waals surface area contributed by atoms with Gasteiger partial charge in [-0.05, 0) is 36.4 Å². The average molecular weight is 394 g/mol. The largest absolute Gasteiger partial charge is 0.492 e. The van der Waals surface area contributed by atoms with Gasteiger partial charge < -0.3 is 13.8 Å². The second kappa shape index (κ2) is 7.91. The highest BCUT2D eigenvalue weighted by Gasteiger charge is 2.39. The fraction of sp³-hybridized carbons (Fsp3) is 0.136. The number of hydrogen-bond acceptors (Lipinski definition) is 5. The van der Waals surface area contributed by atoms with Crippen LogP contribution in [0.3, 0.4) is 0 Å². The van der Waals surface area contributed by atoms with Crippen molar-refractivity contribution in [3.05, 3.63) is 90.5 Å². The van der Waals surface area contributed by atoms with Gasteiger partial charge in [-0.1, -0.05) is 48.5 Å². The van der Waals surface area contributed by atoms with Crippen molar-refractivity contribution in [2.45, 2.75) is 0 Å². The quantitative estimate of drug-likeness (QED) is 0.536. The molecule has 0 bridgehead atoms. The van der Waals surface area contributed by atoms with Crippen molar-refractivity contribution < 1.29 is 23.1 Å². The number of para-hydroxylation sites is 3. The fourth-order valence-corrected chi connectivity index (χ4v) is 4.95. The van der Waals surface area contributed by atoms with Crippen LogP contribution in [-0.2, 0) is 4.57 Å². The highest BCUT2D eigenvalue weighted by molar-refractivity contribution is 7.54. The van der Waals surface area contributed by atoms with E-state index in [4.69, 9.17) is 13.8 Å². The molecular formula is C22H19O5P. The van der Waals surface area contributed by atoms with Crippen molar-refractivity contribution in [2.24, 2.45) is 5.92 Å². The van der Waals surface area contributed by atoms with Crippen molar-refractivity contribution in [1.29, 1.82) is 0 Å². The van der Waals surface area contributed by atoms with Crippen LogP contribution in [0.4, 0.5) is 0 Å². The molecule has 0 aliphatic carbocycles. The van der Waals surface area contributed by atoms with Crippen LogP contribution in [0.1, 0.15) is 10.4 Å². The first-order valence-electron chi connectivity index (χ1n) is 8.97.